The first-order chi connectivity index (χ1) is 14.7. The van der Waals surface area contributed by atoms with Crippen molar-refractivity contribution in [1.29, 1.82) is 0 Å². The molecule has 158 valence electrons. The number of aliphatic imine (C=N–C) groups is 1. The predicted molar refractivity (Wildman–Crippen MR) is 112 cm³/mol. The molecule has 0 spiro atoms. The van der Waals surface area contributed by atoms with E-state index in [4.69, 9.17) is 9.47 Å². The smallest absolute Gasteiger partial charge is 0.270 e. The van der Waals surface area contributed by atoms with Gasteiger partial charge in [-0.25, -0.2) is 0 Å². The maximum Gasteiger partial charge on any atom is 0.270 e. The second-order valence-electron chi connectivity index (χ2n) is 8.12. The first-order valence-electron chi connectivity index (χ1n) is 10.5. The van der Waals surface area contributed by atoms with Crippen LogP contribution in [0.5, 0.6) is 0 Å². The van der Waals surface area contributed by atoms with Gasteiger partial charge in [-0.15, -0.1) is 0 Å². The number of rotatable bonds is 8. The molecule has 0 aromatic carbocycles. The lowest BCUT2D eigenvalue weighted by molar-refractivity contribution is -0.119. The SMILES string of the molecule is COCCOC(C=O)C1C/C1=C1/C=C(N2CCc3cc(C(=O)N4CCC4)[nH]c32)C=N1. The fourth-order valence-corrected chi connectivity index (χ4v) is 4.30. The highest BCUT2D eigenvalue weighted by Crippen LogP contribution is 2.45. The molecule has 4 aliphatic rings. The molecular formula is C22H26N4O4. The summed E-state index contributed by atoms with van der Waals surface area (Å²) < 4.78 is 10.6. The second kappa shape index (κ2) is 7.85. The van der Waals surface area contributed by atoms with Gasteiger partial charge in [0.2, 0.25) is 0 Å². The maximum absolute atomic E-state index is 12.5. The third kappa shape index (κ3) is 3.40. The Kier molecular flexibility index (Phi) is 5.04. The van der Waals surface area contributed by atoms with Gasteiger partial charge in [-0.3, -0.25) is 9.79 Å². The van der Waals surface area contributed by atoms with E-state index in [0.29, 0.717) is 18.9 Å². The number of H-pyrrole nitrogens is 1. The van der Waals surface area contributed by atoms with Gasteiger partial charge in [0.25, 0.3) is 5.91 Å². The number of fused-ring (bicyclic) bond motifs is 1. The summed E-state index contributed by atoms with van der Waals surface area (Å²) in [5.41, 5.74) is 4.94. The fourth-order valence-electron chi connectivity index (χ4n) is 4.30. The molecule has 1 N–H and O–H groups in total. The molecule has 4 heterocycles. The Morgan fingerprint density at radius 2 is 2.23 bits per heavy atom. The highest BCUT2D eigenvalue weighted by molar-refractivity contribution is 5.95. The molecule has 0 radical (unpaired) electrons. The monoisotopic (exact) mass is 410 g/mol. The summed E-state index contributed by atoms with van der Waals surface area (Å²) in [5.74, 6) is 1.17. The number of allylic oxidation sites excluding steroid dienone is 2. The molecule has 30 heavy (non-hydrogen) atoms. The van der Waals surface area contributed by atoms with Crippen LogP contribution in [0.15, 0.2) is 34.1 Å². The lowest BCUT2D eigenvalue weighted by Crippen LogP contribution is -2.42. The van der Waals surface area contributed by atoms with Gasteiger partial charge in [0.15, 0.2) is 0 Å². The quantitative estimate of drug-likeness (QED) is 0.521. The number of amides is 1. The number of anilines is 1. The molecule has 5 rings (SSSR count). The number of nitrogens with one attached hydrogen (secondary N) is 1. The zero-order valence-electron chi connectivity index (χ0n) is 17.1. The molecule has 8 nitrogen and oxygen atoms in total. The van der Waals surface area contributed by atoms with Crippen molar-refractivity contribution < 1.29 is 19.1 Å². The Morgan fingerprint density at radius 1 is 1.37 bits per heavy atom. The van der Waals surface area contributed by atoms with E-state index in [9.17, 15) is 9.59 Å². The molecule has 1 aliphatic carbocycles. The molecule has 2 fully saturated rings. The zero-order chi connectivity index (χ0) is 20.7. The number of aldehydes is 1. The number of aromatic nitrogens is 1. The van der Waals surface area contributed by atoms with Gasteiger partial charge in [0.1, 0.15) is 23.9 Å². The van der Waals surface area contributed by atoms with Crippen molar-refractivity contribution in [2.45, 2.75) is 25.4 Å². The predicted octanol–water partition coefficient (Wildman–Crippen LogP) is 1.70. The van der Waals surface area contributed by atoms with Crippen LogP contribution < -0.4 is 4.90 Å². The van der Waals surface area contributed by atoms with E-state index >= 15 is 0 Å². The Hall–Kier alpha value is -2.71. The van der Waals surface area contributed by atoms with E-state index in [-0.39, 0.29) is 11.8 Å². The van der Waals surface area contributed by atoms with Crippen molar-refractivity contribution in [3.8, 4) is 0 Å². The van der Waals surface area contributed by atoms with Gasteiger partial charge >= 0.3 is 0 Å². The van der Waals surface area contributed by atoms with Gasteiger partial charge in [-0.1, -0.05) is 0 Å². The Bertz CT molecular complexity index is 956. The molecule has 0 bridgehead atoms. The normalized spacial score (nSPS) is 25.2. The van der Waals surface area contributed by atoms with Crippen LogP contribution in [-0.2, 0) is 20.7 Å². The largest absolute Gasteiger partial charge is 0.382 e. The van der Waals surface area contributed by atoms with E-state index in [1.54, 1.807) is 7.11 Å². The van der Waals surface area contributed by atoms with Crippen molar-refractivity contribution in [3.05, 3.63) is 40.4 Å². The van der Waals surface area contributed by atoms with Gasteiger partial charge in [0, 0.05) is 32.7 Å². The van der Waals surface area contributed by atoms with Gasteiger partial charge < -0.3 is 29.1 Å². The Balaban J connectivity index is 1.29. The summed E-state index contributed by atoms with van der Waals surface area (Å²) in [7, 11) is 1.61. The average Bonchev–Trinajstić information content (AvgIpc) is 3.06. The van der Waals surface area contributed by atoms with E-state index in [2.05, 4.69) is 21.0 Å². The number of carbonyl (C=O) groups excluding carboxylic acids is 2. The van der Waals surface area contributed by atoms with E-state index in [1.165, 1.54) is 5.56 Å². The number of ether oxygens (including phenoxy) is 2. The number of nitrogens with zero attached hydrogens (tertiary/aromatic N) is 3. The summed E-state index contributed by atoms with van der Waals surface area (Å²) in [6.07, 6.45) is 7.19. The highest BCUT2D eigenvalue weighted by Gasteiger charge is 2.41. The van der Waals surface area contributed by atoms with Crippen LogP contribution in [0.25, 0.3) is 0 Å². The van der Waals surface area contributed by atoms with Crippen molar-refractivity contribution in [2.24, 2.45) is 10.9 Å². The highest BCUT2D eigenvalue weighted by atomic mass is 16.5. The minimum absolute atomic E-state index is 0.0849. The summed E-state index contributed by atoms with van der Waals surface area (Å²) >= 11 is 0. The summed E-state index contributed by atoms with van der Waals surface area (Å²) in [4.78, 5) is 35.9. The van der Waals surface area contributed by atoms with Crippen molar-refractivity contribution in [3.63, 3.8) is 0 Å². The molecule has 2 atom stereocenters. The molecular weight excluding hydrogens is 384 g/mol. The van der Waals surface area contributed by atoms with Gasteiger partial charge in [-0.05, 0) is 42.5 Å². The van der Waals surface area contributed by atoms with Crippen molar-refractivity contribution in [2.75, 3.05) is 44.9 Å². The molecule has 3 aliphatic heterocycles. The topological polar surface area (TPSA) is 87.2 Å². The van der Waals surface area contributed by atoms with Crippen LogP contribution in [0.4, 0.5) is 5.82 Å². The minimum Gasteiger partial charge on any atom is -0.382 e. The van der Waals surface area contributed by atoms with Crippen LogP contribution in [0, 0.1) is 5.92 Å². The number of methoxy groups -OCH3 is 1. The minimum atomic E-state index is -0.438. The van der Waals surface area contributed by atoms with Crippen LogP contribution >= 0.6 is 0 Å². The number of likely N-dealkylation sites (tertiary alicyclic amines) is 1. The number of hydrogen-bond acceptors (Lipinski definition) is 6. The van der Waals surface area contributed by atoms with Crippen LogP contribution in [-0.4, -0.2) is 74.4 Å². The fraction of sp³-hybridized carbons (Fsp3) is 0.500. The number of hydrogen-bond donors (Lipinski definition) is 1. The lowest BCUT2D eigenvalue weighted by atomic mass is 10.2. The molecule has 1 amide bonds. The third-order valence-corrected chi connectivity index (χ3v) is 6.24. The molecule has 1 saturated heterocycles. The Labute approximate surface area is 175 Å². The number of carbonyl (C=O) groups is 2. The first-order valence-corrected chi connectivity index (χ1v) is 10.5. The number of aromatic amines is 1. The molecule has 1 saturated carbocycles. The van der Waals surface area contributed by atoms with Crippen LogP contribution in [0.1, 0.15) is 28.9 Å². The van der Waals surface area contributed by atoms with Gasteiger partial charge in [-0.2, -0.15) is 0 Å². The summed E-state index contributed by atoms with van der Waals surface area (Å²) in [5, 5.41) is 0. The molecule has 1 aromatic heterocycles. The maximum atomic E-state index is 12.5. The lowest BCUT2D eigenvalue weighted by Gasteiger charge is -2.30. The van der Waals surface area contributed by atoms with Crippen molar-refractivity contribution in [1.82, 2.24) is 9.88 Å². The van der Waals surface area contributed by atoms with Gasteiger partial charge in [0.05, 0.1) is 30.8 Å². The Morgan fingerprint density at radius 3 is 2.97 bits per heavy atom. The van der Waals surface area contributed by atoms with Crippen LogP contribution in [0.3, 0.4) is 0 Å². The summed E-state index contributed by atoms with van der Waals surface area (Å²) in [6.45, 7) is 3.44. The van der Waals surface area contributed by atoms with E-state index in [0.717, 1.165) is 68.0 Å². The van der Waals surface area contributed by atoms with Crippen molar-refractivity contribution >= 4 is 24.2 Å². The van der Waals surface area contributed by atoms with E-state index in [1.807, 2.05) is 17.2 Å². The zero-order valence-corrected chi connectivity index (χ0v) is 17.1. The summed E-state index contributed by atoms with van der Waals surface area (Å²) in [6, 6.07) is 1.99. The average molecular weight is 410 g/mol. The standard InChI is InChI=1S/C22H26N4O4/c1-29-7-8-30-20(13-27)17-11-16(17)18-10-15(12-23-18)26-6-3-14-9-19(24-21(14)26)22(28)25-4-2-5-25/h9-10,12-13,17,20,24H,2-8,11H2,1H3/b18-16+. The third-order valence-electron chi connectivity index (χ3n) is 6.24. The molecule has 8 heteroatoms. The molecule has 1 aromatic rings. The molecule has 2 unspecified atom stereocenters. The second-order valence-corrected chi connectivity index (χ2v) is 8.12. The van der Waals surface area contributed by atoms with Crippen LogP contribution in [0.2, 0.25) is 0 Å². The van der Waals surface area contributed by atoms with E-state index < -0.39 is 6.10 Å². The first kappa shape index (κ1) is 19.3.